The Bertz CT molecular complexity index is 1250. The molecular formula is C26H29N5O5. The molecule has 0 aliphatic carbocycles. The number of rotatable bonds is 9. The number of nitrogens with zero attached hydrogens (tertiary/aromatic N) is 3. The van der Waals surface area contributed by atoms with Gasteiger partial charge in [0.05, 0.1) is 18.5 Å². The summed E-state index contributed by atoms with van der Waals surface area (Å²) in [5.74, 6) is -0.353. The summed E-state index contributed by atoms with van der Waals surface area (Å²) < 4.78 is 10.3. The second-order valence-corrected chi connectivity index (χ2v) is 8.50. The van der Waals surface area contributed by atoms with Crippen molar-refractivity contribution in [2.24, 2.45) is 5.92 Å². The normalized spacial score (nSPS) is 17.8. The van der Waals surface area contributed by atoms with Gasteiger partial charge in [0.15, 0.2) is 0 Å². The Labute approximate surface area is 208 Å². The SMILES string of the molecule is C=CCOC(=O)N[C@@H]1CCN(Cc2cccc3ncnc(Nc4cccc(OC)c4)c23)C[C@H]1C(=O)O. The molecule has 10 nitrogen and oxygen atoms in total. The average molecular weight is 492 g/mol. The number of benzene rings is 2. The van der Waals surface area contributed by atoms with Crippen molar-refractivity contribution in [3.8, 4) is 5.75 Å². The van der Waals surface area contributed by atoms with Crippen LogP contribution in [0.2, 0.25) is 0 Å². The number of methoxy groups -OCH3 is 1. The van der Waals surface area contributed by atoms with Gasteiger partial charge in [-0.3, -0.25) is 9.69 Å². The molecule has 1 amide bonds. The molecule has 1 fully saturated rings. The van der Waals surface area contributed by atoms with Gasteiger partial charge in [0, 0.05) is 42.8 Å². The molecule has 0 spiro atoms. The Morgan fingerprint density at radius 2 is 2.08 bits per heavy atom. The molecule has 0 radical (unpaired) electrons. The molecule has 1 aromatic heterocycles. The van der Waals surface area contributed by atoms with Crippen LogP contribution in [0.1, 0.15) is 12.0 Å². The minimum atomic E-state index is -0.963. The smallest absolute Gasteiger partial charge is 0.407 e. The maximum absolute atomic E-state index is 12.0. The van der Waals surface area contributed by atoms with E-state index < -0.39 is 24.0 Å². The van der Waals surface area contributed by atoms with Crippen molar-refractivity contribution in [3.63, 3.8) is 0 Å². The van der Waals surface area contributed by atoms with Crippen molar-refractivity contribution >= 4 is 34.5 Å². The van der Waals surface area contributed by atoms with Gasteiger partial charge in [-0.1, -0.05) is 30.9 Å². The van der Waals surface area contributed by atoms with Crippen LogP contribution in [-0.2, 0) is 16.1 Å². The molecule has 0 saturated carbocycles. The first-order valence-electron chi connectivity index (χ1n) is 11.6. The summed E-state index contributed by atoms with van der Waals surface area (Å²) in [4.78, 5) is 35.0. The minimum Gasteiger partial charge on any atom is -0.497 e. The molecule has 0 unspecified atom stereocenters. The predicted octanol–water partition coefficient (Wildman–Crippen LogP) is 3.57. The molecular weight excluding hydrogens is 462 g/mol. The quantitative estimate of drug-likeness (QED) is 0.385. The first-order chi connectivity index (χ1) is 17.5. The highest BCUT2D eigenvalue weighted by Crippen LogP contribution is 2.29. The predicted molar refractivity (Wildman–Crippen MR) is 135 cm³/mol. The lowest BCUT2D eigenvalue weighted by Crippen LogP contribution is -2.53. The molecule has 1 aliphatic heterocycles. The molecule has 10 heteroatoms. The molecule has 0 bridgehead atoms. The summed E-state index contributed by atoms with van der Waals surface area (Å²) in [7, 11) is 1.62. The fourth-order valence-corrected chi connectivity index (χ4v) is 4.40. The van der Waals surface area contributed by atoms with Gasteiger partial charge >= 0.3 is 12.1 Å². The zero-order chi connectivity index (χ0) is 25.5. The summed E-state index contributed by atoms with van der Waals surface area (Å²) in [5.41, 5.74) is 2.58. The summed E-state index contributed by atoms with van der Waals surface area (Å²) in [6, 6.07) is 12.9. The van der Waals surface area contributed by atoms with Gasteiger partial charge in [-0.05, 0) is 30.2 Å². The number of aliphatic carboxylic acids is 1. The van der Waals surface area contributed by atoms with Crippen molar-refractivity contribution in [3.05, 3.63) is 67.0 Å². The Kier molecular flexibility index (Phi) is 7.96. The van der Waals surface area contributed by atoms with Crippen LogP contribution in [0.3, 0.4) is 0 Å². The maximum Gasteiger partial charge on any atom is 0.407 e. The number of hydrogen-bond acceptors (Lipinski definition) is 8. The lowest BCUT2D eigenvalue weighted by molar-refractivity contribution is -0.144. The van der Waals surface area contributed by atoms with E-state index in [2.05, 4.69) is 32.1 Å². The number of carboxylic acids is 1. The second kappa shape index (κ2) is 11.5. The number of piperidine rings is 1. The van der Waals surface area contributed by atoms with Crippen molar-refractivity contribution in [1.82, 2.24) is 20.2 Å². The number of fused-ring (bicyclic) bond motifs is 1. The summed E-state index contributed by atoms with van der Waals surface area (Å²) in [6.45, 7) is 4.97. The molecule has 2 atom stereocenters. The number of hydrogen-bond donors (Lipinski definition) is 3. The topological polar surface area (TPSA) is 126 Å². The minimum absolute atomic E-state index is 0.0672. The lowest BCUT2D eigenvalue weighted by Gasteiger charge is -2.36. The van der Waals surface area contributed by atoms with Gasteiger partial charge < -0.3 is 25.2 Å². The number of alkyl carbamates (subject to hydrolysis) is 1. The van der Waals surface area contributed by atoms with Crippen LogP contribution in [0.25, 0.3) is 10.9 Å². The Balaban J connectivity index is 1.54. The molecule has 2 heterocycles. The first-order valence-corrected chi connectivity index (χ1v) is 11.6. The highest BCUT2D eigenvalue weighted by Gasteiger charge is 2.35. The first kappa shape index (κ1) is 24.9. The Morgan fingerprint density at radius 1 is 1.25 bits per heavy atom. The van der Waals surface area contributed by atoms with E-state index in [0.717, 1.165) is 27.9 Å². The number of likely N-dealkylation sites (tertiary alicyclic amines) is 1. The molecule has 1 saturated heterocycles. The largest absolute Gasteiger partial charge is 0.497 e. The van der Waals surface area contributed by atoms with E-state index in [1.54, 1.807) is 7.11 Å². The number of anilines is 2. The number of carboxylic acid groups (broad SMARTS) is 1. The Hall–Kier alpha value is -4.18. The number of carbonyl (C=O) groups excluding carboxylic acids is 1. The lowest BCUT2D eigenvalue weighted by atomic mass is 9.91. The van der Waals surface area contributed by atoms with Gasteiger partial charge in [-0.2, -0.15) is 0 Å². The van der Waals surface area contributed by atoms with Gasteiger partial charge in [0.1, 0.15) is 24.5 Å². The van der Waals surface area contributed by atoms with Crippen molar-refractivity contribution in [1.29, 1.82) is 0 Å². The van der Waals surface area contributed by atoms with Gasteiger partial charge in [0.2, 0.25) is 0 Å². The van der Waals surface area contributed by atoms with E-state index in [4.69, 9.17) is 9.47 Å². The Morgan fingerprint density at radius 3 is 2.86 bits per heavy atom. The van der Waals surface area contributed by atoms with Gasteiger partial charge in [-0.15, -0.1) is 0 Å². The molecule has 2 aromatic carbocycles. The van der Waals surface area contributed by atoms with Crippen LogP contribution in [0.15, 0.2) is 61.4 Å². The maximum atomic E-state index is 12.0. The van der Waals surface area contributed by atoms with Crippen molar-refractivity contribution in [2.45, 2.75) is 19.0 Å². The third-order valence-electron chi connectivity index (χ3n) is 6.13. The van der Waals surface area contributed by atoms with E-state index in [9.17, 15) is 14.7 Å². The number of carbonyl (C=O) groups is 2. The number of ether oxygens (including phenoxy) is 2. The van der Waals surface area contributed by atoms with Crippen molar-refractivity contribution < 1.29 is 24.2 Å². The van der Waals surface area contributed by atoms with Crippen LogP contribution >= 0.6 is 0 Å². The number of nitrogens with one attached hydrogen (secondary N) is 2. The van der Waals surface area contributed by atoms with E-state index >= 15 is 0 Å². The van der Waals surface area contributed by atoms with E-state index in [1.807, 2.05) is 42.5 Å². The fourth-order valence-electron chi connectivity index (χ4n) is 4.40. The molecule has 188 valence electrons. The zero-order valence-corrected chi connectivity index (χ0v) is 20.0. The number of amides is 1. The van der Waals surface area contributed by atoms with E-state index in [-0.39, 0.29) is 13.2 Å². The second-order valence-electron chi connectivity index (χ2n) is 8.50. The van der Waals surface area contributed by atoms with Crippen LogP contribution in [0, 0.1) is 5.92 Å². The molecule has 3 N–H and O–H groups in total. The van der Waals surface area contributed by atoms with Crippen molar-refractivity contribution in [2.75, 3.05) is 32.1 Å². The van der Waals surface area contributed by atoms with Gasteiger partial charge in [0.25, 0.3) is 0 Å². The molecule has 3 aromatic rings. The third-order valence-corrected chi connectivity index (χ3v) is 6.13. The van der Waals surface area contributed by atoms with Crippen LogP contribution in [-0.4, -0.2) is 64.9 Å². The zero-order valence-electron chi connectivity index (χ0n) is 20.0. The fraction of sp³-hybridized carbons (Fsp3) is 0.308. The summed E-state index contributed by atoms with van der Waals surface area (Å²) in [5, 5.41) is 16.7. The highest BCUT2D eigenvalue weighted by atomic mass is 16.5. The van der Waals surface area contributed by atoms with E-state index in [1.165, 1.54) is 12.4 Å². The molecule has 36 heavy (non-hydrogen) atoms. The molecule has 4 rings (SSSR count). The van der Waals surface area contributed by atoms with Gasteiger partial charge in [-0.25, -0.2) is 14.8 Å². The highest BCUT2D eigenvalue weighted by molar-refractivity contribution is 5.93. The monoisotopic (exact) mass is 491 g/mol. The molecule has 1 aliphatic rings. The standard InChI is InChI=1S/C26H29N5O5/c1-3-12-36-26(34)30-21-10-11-31(15-20(21)25(32)33)14-17-6-4-9-22-23(17)24(28-16-27-22)29-18-7-5-8-19(13-18)35-2/h3-9,13,16,20-21H,1,10-12,14-15H2,2H3,(H,30,34)(H,32,33)(H,27,28,29)/t20-,21-/m1/s1. The number of aromatic nitrogens is 2. The third kappa shape index (κ3) is 5.89. The van der Waals surface area contributed by atoms with E-state index in [0.29, 0.717) is 25.3 Å². The van der Waals surface area contributed by atoms with Crippen LogP contribution in [0.5, 0.6) is 5.75 Å². The summed E-state index contributed by atoms with van der Waals surface area (Å²) in [6.07, 6.45) is 2.81. The van der Waals surface area contributed by atoms with Crippen LogP contribution < -0.4 is 15.4 Å². The average Bonchev–Trinajstić information content (AvgIpc) is 2.88. The van der Waals surface area contributed by atoms with Crippen LogP contribution in [0.4, 0.5) is 16.3 Å². The summed E-state index contributed by atoms with van der Waals surface area (Å²) >= 11 is 0.